The molecule has 4 aliphatic rings. The summed E-state index contributed by atoms with van der Waals surface area (Å²) < 4.78 is 29.1. The molecule has 6 heteroatoms. The number of fused-ring (bicyclic) bond motifs is 3. The van der Waals surface area contributed by atoms with Crippen LogP contribution >= 0.6 is 0 Å². The van der Waals surface area contributed by atoms with E-state index >= 15 is 0 Å². The summed E-state index contributed by atoms with van der Waals surface area (Å²) in [6, 6.07) is 1.24. The zero-order valence-corrected chi connectivity index (χ0v) is 14.2. The van der Waals surface area contributed by atoms with E-state index < -0.39 is 11.6 Å². The minimum Gasteiger partial charge on any atom is -0.330 e. The first-order valence-electron chi connectivity index (χ1n) is 9.38. The summed E-state index contributed by atoms with van der Waals surface area (Å²) in [5.41, 5.74) is 1.63. The van der Waals surface area contributed by atoms with Crippen LogP contribution in [0.1, 0.15) is 46.7 Å². The van der Waals surface area contributed by atoms with Crippen molar-refractivity contribution in [2.75, 3.05) is 26.2 Å². The van der Waals surface area contributed by atoms with Gasteiger partial charge in [0, 0.05) is 30.3 Å². The van der Waals surface area contributed by atoms with Gasteiger partial charge >= 0.3 is 0 Å². The van der Waals surface area contributed by atoms with Crippen LogP contribution < -0.4 is 10.6 Å². The van der Waals surface area contributed by atoms with Gasteiger partial charge < -0.3 is 15.5 Å². The molecule has 3 unspecified atom stereocenters. The smallest absolute Gasteiger partial charge is 0.254 e. The van der Waals surface area contributed by atoms with E-state index in [9.17, 15) is 13.6 Å². The van der Waals surface area contributed by atoms with Crippen LogP contribution in [0.3, 0.4) is 0 Å². The molecule has 1 aliphatic carbocycles. The Bertz CT molecular complexity index is 718. The molecule has 3 aliphatic heterocycles. The molecule has 3 atom stereocenters. The van der Waals surface area contributed by atoms with Gasteiger partial charge in [0.25, 0.3) is 5.91 Å². The van der Waals surface area contributed by atoms with Crippen molar-refractivity contribution in [3.05, 3.63) is 34.4 Å². The standard InChI is InChI=1S/C19H23F2N3O/c20-15-5-13-14(9-24(19(13)25)12-2-1-3-22-8-12)17(18(15)21)16-10-4-11(16)7-23-6-10/h5,10-12,16,22-23H,1-4,6-9H2. The first-order chi connectivity index (χ1) is 12.1. The number of nitrogens with zero attached hydrogens (tertiary/aromatic N) is 1. The minimum atomic E-state index is -0.872. The maximum absolute atomic E-state index is 14.8. The molecule has 1 saturated carbocycles. The Labute approximate surface area is 146 Å². The van der Waals surface area contributed by atoms with Gasteiger partial charge in [-0.15, -0.1) is 0 Å². The second kappa shape index (κ2) is 5.74. The van der Waals surface area contributed by atoms with Crippen molar-refractivity contribution in [3.63, 3.8) is 0 Å². The molecule has 1 aromatic rings. The van der Waals surface area contributed by atoms with Crippen molar-refractivity contribution in [3.8, 4) is 0 Å². The number of carbonyl (C=O) groups excluding carboxylic acids is 1. The summed E-state index contributed by atoms with van der Waals surface area (Å²) in [6.07, 6.45) is 3.05. The number of nitrogens with one attached hydrogen (secondary N) is 2. The molecule has 25 heavy (non-hydrogen) atoms. The fraction of sp³-hybridized carbons (Fsp3) is 0.632. The fourth-order valence-corrected chi connectivity index (χ4v) is 5.40. The van der Waals surface area contributed by atoms with Crippen molar-refractivity contribution in [1.29, 1.82) is 0 Å². The van der Waals surface area contributed by atoms with Crippen LogP contribution in [0.2, 0.25) is 0 Å². The predicted octanol–water partition coefficient (Wildman–Crippen LogP) is 2.00. The zero-order chi connectivity index (χ0) is 17.1. The third-order valence-electron chi connectivity index (χ3n) is 6.67. The van der Waals surface area contributed by atoms with Crippen molar-refractivity contribution >= 4 is 5.91 Å². The van der Waals surface area contributed by atoms with E-state index in [1.54, 1.807) is 0 Å². The summed E-state index contributed by atoms with van der Waals surface area (Å²) in [5.74, 6) is -0.950. The summed E-state index contributed by atoms with van der Waals surface area (Å²) in [5, 5.41) is 6.68. The van der Waals surface area contributed by atoms with Gasteiger partial charge in [-0.1, -0.05) is 0 Å². The Balaban J connectivity index is 1.54. The highest BCUT2D eigenvalue weighted by atomic mass is 19.2. The monoisotopic (exact) mass is 347 g/mol. The first kappa shape index (κ1) is 15.7. The lowest BCUT2D eigenvalue weighted by Crippen LogP contribution is -2.52. The van der Waals surface area contributed by atoms with E-state index in [0.29, 0.717) is 29.5 Å². The quantitative estimate of drug-likeness (QED) is 0.860. The summed E-state index contributed by atoms with van der Waals surface area (Å²) >= 11 is 0. The van der Waals surface area contributed by atoms with Crippen molar-refractivity contribution < 1.29 is 13.6 Å². The van der Waals surface area contributed by atoms with Crippen molar-refractivity contribution in [2.45, 2.75) is 37.8 Å². The lowest BCUT2D eigenvalue weighted by Gasteiger charge is -2.50. The highest BCUT2D eigenvalue weighted by molar-refractivity contribution is 5.99. The molecule has 134 valence electrons. The van der Waals surface area contributed by atoms with Crippen LogP contribution in [0.15, 0.2) is 6.07 Å². The van der Waals surface area contributed by atoms with Crippen LogP contribution in [0.4, 0.5) is 8.78 Å². The molecule has 3 heterocycles. The van der Waals surface area contributed by atoms with Gasteiger partial charge in [0.15, 0.2) is 11.6 Å². The Morgan fingerprint density at radius 2 is 1.92 bits per heavy atom. The number of rotatable bonds is 2. The second-order valence-electron chi connectivity index (χ2n) is 7.99. The molecule has 0 radical (unpaired) electrons. The van der Waals surface area contributed by atoms with Crippen LogP contribution in [0.25, 0.3) is 0 Å². The van der Waals surface area contributed by atoms with Crippen LogP contribution in [-0.4, -0.2) is 43.0 Å². The maximum atomic E-state index is 14.8. The molecule has 1 aromatic carbocycles. The number of hydrogen-bond acceptors (Lipinski definition) is 3. The Kier molecular flexibility index (Phi) is 3.61. The average molecular weight is 347 g/mol. The topological polar surface area (TPSA) is 44.4 Å². The van der Waals surface area contributed by atoms with Gasteiger partial charge in [0.2, 0.25) is 0 Å². The average Bonchev–Trinajstić information content (AvgIpc) is 2.96. The van der Waals surface area contributed by atoms with E-state index in [-0.39, 0.29) is 17.9 Å². The van der Waals surface area contributed by atoms with E-state index in [2.05, 4.69) is 10.6 Å². The normalized spacial score (nSPS) is 34.0. The molecular weight excluding hydrogens is 324 g/mol. The van der Waals surface area contributed by atoms with E-state index in [0.717, 1.165) is 57.1 Å². The number of carbonyl (C=O) groups is 1. The van der Waals surface area contributed by atoms with Gasteiger partial charge in [0.1, 0.15) is 0 Å². The Morgan fingerprint density at radius 1 is 1.12 bits per heavy atom. The van der Waals surface area contributed by atoms with E-state index in [4.69, 9.17) is 0 Å². The summed E-state index contributed by atoms with van der Waals surface area (Å²) in [4.78, 5) is 14.7. The number of benzene rings is 1. The third-order valence-corrected chi connectivity index (χ3v) is 6.67. The van der Waals surface area contributed by atoms with Crippen molar-refractivity contribution in [2.24, 2.45) is 11.8 Å². The SMILES string of the molecule is O=C1c2cc(F)c(F)c(C3C4CNCC3C4)c2CN1C1CCCNC1. The van der Waals surface area contributed by atoms with Gasteiger partial charge in [-0.3, -0.25) is 4.79 Å². The largest absolute Gasteiger partial charge is 0.330 e. The molecule has 0 spiro atoms. The minimum absolute atomic E-state index is 0.0583. The molecule has 5 rings (SSSR count). The van der Waals surface area contributed by atoms with E-state index in [1.807, 2.05) is 4.90 Å². The fourth-order valence-electron chi connectivity index (χ4n) is 5.40. The number of hydrogen-bond donors (Lipinski definition) is 2. The van der Waals surface area contributed by atoms with Gasteiger partial charge in [-0.25, -0.2) is 8.78 Å². The Hall–Kier alpha value is -1.53. The molecule has 2 saturated heterocycles. The highest BCUT2D eigenvalue weighted by Crippen LogP contribution is 2.52. The van der Waals surface area contributed by atoms with Crippen LogP contribution in [0.5, 0.6) is 0 Å². The second-order valence-corrected chi connectivity index (χ2v) is 7.99. The number of amides is 1. The molecule has 0 aromatic heterocycles. The predicted molar refractivity (Wildman–Crippen MR) is 89.3 cm³/mol. The van der Waals surface area contributed by atoms with Gasteiger partial charge in [0.05, 0.1) is 0 Å². The summed E-state index contributed by atoms with van der Waals surface area (Å²) in [6.45, 7) is 3.87. The van der Waals surface area contributed by atoms with Gasteiger partial charge in [-0.2, -0.15) is 0 Å². The molecule has 2 N–H and O–H groups in total. The lowest BCUT2D eigenvalue weighted by atomic mass is 9.59. The number of halogens is 2. The van der Waals surface area contributed by atoms with Crippen LogP contribution in [0, 0.1) is 23.5 Å². The van der Waals surface area contributed by atoms with Crippen LogP contribution in [-0.2, 0) is 6.54 Å². The van der Waals surface area contributed by atoms with Crippen molar-refractivity contribution in [1.82, 2.24) is 15.5 Å². The molecule has 2 bridgehead atoms. The molecule has 4 nitrogen and oxygen atoms in total. The number of piperidine rings is 3. The first-order valence-corrected chi connectivity index (χ1v) is 9.38. The Morgan fingerprint density at radius 3 is 2.60 bits per heavy atom. The molecule has 1 amide bonds. The molecular formula is C19H23F2N3O. The highest BCUT2D eigenvalue weighted by Gasteiger charge is 2.48. The maximum Gasteiger partial charge on any atom is 0.254 e. The van der Waals surface area contributed by atoms with Gasteiger partial charge in [-0.05, 0) is 68.3 Å². The lowest BCUT2D eigenvalue weighted by molar-refractivity contribution is 0.0671. The molecule has 3 fully saturated rings. The van der Waals surface area contributed by atoms with E-state index in [1.165, 1.54) is 0 Å². The zero-order valence-electron chi connectivity index (χ0n) is 14.2. The summed E-state index contributed by atoms with van der Waals surface area (Å²) in [7, 11) is 0. The third kappa shape index (κ3) is 2.27.